The van der Waals surface area contributed by atoms with Crippen LogP contribution in [0, 0.1) is 13.8 Å². The van der Waals surface area contributed by atoms with Gasteiger partial charge in [0.15, 0.2) is 0 Å². The van der Waals surface area contributed by atoms with Crippen molar-refractivity contribution >= 4 is 0 Å². The summed E-state index contributed by atoms with van der Waals surface area (Å²) in [4.78, 5) is 0. The Morgan fingerprint density at radius 2 is 0.750 bits per heavy atom. The van der Waals surface area contributed by atoms with Crippen LogP contribution in [0.25, 0.3) is 0 Å². The first-order chi connectivity index (χ1) is 2.41. The van der Waals surface area contributed by atoms with E-state index in [4.69, 9.17) is 0 Å². The Morgan fingerprint density at radius 3 is 0.750 bits per heavy atom. The van der Waals surface area contributed by atoms with Gasteiger partial charge >= 0.3 is 0 Å². The van der Waals surface area contributed by atoms with Gasteiger partial charge in [0.05, 0.1) is 0 Å². The second kappa shape index (κ2) is 337. The first kappa shape index (κ1) is 114. The van der Waals surface area contributed by atoms with Crippen molar-refractivity contribution < 1.29 is 32.7 Å². The third-order valence-electron chi connectivity index (χ3n) is 0. The molecule has 0 unspecified atom stereocenters. The molecular weight excluding hydrogens is 221 g/mol. The van der Waals surface area contributed by atoms with Crippen molar-refractivity contribution in [1.29, 1.82) is 0 Å². The zero-order chi connectivity index (χ0) is 4.71. The van der Waals surface area contributed by atoms with Crippen molar-refractivity contribution in [2.24, 2.45) is 0 Å². The van der Waals surface area contributed by atoms with Crippen molar-refractivity contribution in [2.45, 2.75) is 64.8 Å². The molecule has 0 aromatic carbocycles. The molecule has 0 bridgehead atoms. The summed E-state index contributed by atoms with van der Waals surface area (Å²) in [7, 11) is 0. The van der Waals surface area contributed by atoms with Crippen LogP contribution in [0.3, 0.4) is 0 Å². The van der Waals surface area contributed by atoms with Crippen LogP contribution >= 0.6 is 0 Å². The molecule has 0 nitrogen and oxygen atoms in total. The minimum absolute atomic E-state index is 0. The predicted octanol–water partition coefficient (Wildman–Crippen LogP) is 5.88. The third-order valence-corrected chi connectivity index (χ3v) is 0. The largest absolute Gasteiger partial charge is 0.346 e. The standard InChI is InChI=1S/C3H7.C2H5.6CH4.Y/c1-3-2;1-2;;;;;;;/h1,3H2,2H3;1H2,2H3;6*1H4;/q2*-1;;;;;;;. The topological polar surface area (TPSA) is 0 Å². The average Bonchev–Trinajstić information content (AvgIpc) is 1.46. The van der Waals surface area contributed by atoms with Crippen LogP contribution in [-0.2, 0) is 32.7 Å². The van der Waals surface area contributed by atoms with Gasteiger partial charge in [0.1, 0.15) is 0 Å². The van der Waals surface area contributed by atoms with Gasteiger partial charge in [-0.1, -0.05) is 51.5 Å². The fourth-order valence-corrected chi connectivity index (χ4v) is 0. The van der Waals surface area contributed by atoms with Crippen LogP contribution in [0.1, 0.15) is 64.8 Å². The molecule has 0 aliphatic carbocycles. The molecule has 0 aliphatic heterocycles. The molecule has 0 saturated heterocycles. The molecule has 0 heterocycles. The van der Waals surface area contributed by atoms with E-state index in [2.05, 4.69) is 13.8 Å². The summed E-state index contributed by atoms with van der Waals surface area (Å²) >= 11 is 0. The summed E-state index contributed by atoms with van der Waals surface area (Å²) in [6, 6.07) is 0. The van der Waals surface area contributed by atoms with Crippen molar-refractivity contribution in [2.75, 3.05) is 0 Å². The molecule has 0 spiro atoms. The normalized spacial score (nSPS) is 2.00. The molecule has 85 valence electrons. The third kappa shape index (κ3) is 930. The first-order valence-electron chi connectivity index (χ1n) is 1.91. The second-order valence-electron chi connectivity index (χ2n) is 0.500. The summed E-state index contributed by atoms with van der Waals surface area (Å²) in [5.74, 6) is 0. The van der Waals surface area contributed by atoms with E-state index in [0.717, 1.165) is 6.42 Å². The number of hydrogen-bond acceptors (Lipinski definition) is 0. The fourth-order valence-electron chi connectivity index (χ4n) is 0. The first-order valence-corrected chi connectivity index (χ1v) is 1.91. The Morgan fingerprint density at radius 1 is 0.750 bits per heavy atom. The van der Waals surface area contributed by atoms with Gasteiger partial charge in [0, 0.05) is 32.7 Å². The van der Waals surface area contributed by atoms with Gasteiger partial charge in [0.25, 0.3) is 0 Å². The molecule has 0 fully saturated rings. The van der Waals surface area contributed by atoms with Crippen LogP contribution in [0.4, 0.5) is 0 Å². The monoisotopic (exact) mass is 257 g/mol. The molecule has 0 aliphatic rings. The Hall–Kier alpha value is 1.10. The molecular formula is C11H36Y-2. The van der Waals surface area contributed by atoms with Gasteiger partial charge in [0.2, 0.25) is 0 Å². The Balaban J connectivity index is -0.00000000138. The van der Waals surface area contributed by atoms with E-state index in [0.29, 0.717) is 0 Å². The van der Waals surface area contributed by atoms with Crippen LogP contribution < -0.4 is 0 Å². The summed E-state index contributed by atoms with van der Waals surface area (Å²) in [6.45, 7) is 10.5. The SMILES string of the molecule is C.C.C.C.C.C.[CH2-]C.[CH2-]CC.[Y]. The molecule has 12 heavy (non-hydrogen) atoms. The zero-order valence-electron chi connectivity index (χ0n) is 4.70. The molecule has 0 N–H and O–H groups in total. The van der Waals surface area contributed by atoms with Gasteiger partial charge in [-0.25, -0.2) is 0 Å². The van der Waals surface area contributed by atoms with Crippen LogP contribution in [-0.4, -0.2) is 0 Å². The summed E-state index contributed by atoms with van der Waals surface area (Å²) in [6.07, 6.45) is 1.00. The number of rotatable bonds is 0. The molecule has 0 rings (SSSR count). The minimum atomic E-state index is 0. The molecule has 0 saturated carbocycles. The van der Waals surface area contributed by atoms with E-state index in [9.17, 15) is 0 Å². The predicted molar refractivity (Wildman–Crippen MR) is 67.1 cm³/mol. The Bertz CT molecular complexity index is 4.97. The van der Waals surface area contributed by atoms with E-state index in [1.807, 2.05) is 6.92 Å². The van der Waals surface area contributed by atoms with Gasteiger partial charge in [-0.15, -0.1) is 0 Å². The van der Waals surface area contributed by atoms with Gasteiger partial charge in [-0.3, -0.25) is 0 Å². The summed E-state index contributed by atoms with van der Waals surface area (Å²) < 4.78 is 0. The van der Waals surface area contributed by atoms with Gasteiger partial charge < -0.3 is 13.8 Å². The quantitative estimate of drug-likeness (QED) is 0.475. The Labute approximate surface area is 111 Å². The minimum Gasteiger partial charge on any atom is -0.346 e. The Kier molecular flexibility index (Phi) is 3200. The van der Waals surface area contributed by atoms with E-state index in [1.165, 1.54) is 0 Å². The summed E-state index contributed by atoms with van der Waals surface area (Å²) in [5, 5.41) is 0. The van der Waals surface area contributed by atoms with Gasteiger partial charge in [-0.05, 0) is 0 Å². The summed E-state index contributed by atoms with van der Waals surface area (Å²) in [5.41, 5.74) is 0. The van der Waals surface area contributed by atoms with Gasteiger partial charge in [-0.2, -0.15) is 13.3 Å². The average molecular weight is 257 g/mol. The van der Waals surface area contributed by atoms with E-state index >= 15 is 0 Å². The molecule has 1 radical (unpaired) electrons. The zero-order valence-corrected chi connectivity index (χ0v) is 7.54. The molecule has 0 aromatic heterocycles. The maximum atomic E-state index is 3.49. The van der Waals surface area contributed by atoms with E-state index < -0.39 is 0 Å². The van der Waals surface area contributed by atoms with Crippen molar-refractivity contribution in [3.63, 3.8) is 0 Å². The van der Waals surface area contributed by atoms with Crippen molar-refractivity contribution in [3.05, 3.63) is 13.8 Å². The molecule has 0 aromatic rings. The van der Waals surface area contributed by atoms with Crippen molar-refractivity contribution in [3.8, 4) is 0 Å². The maximum absolute atomic E-state index is 3.49. The van der Waals surface area contributed by atoms with Crippen LogP contribution in [0.2, 0.25) is 0 Å². The van der Waals surface area contributed by atoms with Crippen LogP contribution in [0.5, 0.6) is 0 Å². The second-order valence-corrected chi connectivity index (χ2v) is 0.500. The molecule has 0 amide bonds. The van der Waals surface area contributed by atoms with Crippen LogP contribution in [0.15, 0.2) is 0 Å². The van der Waals surface area contributed by atoms with E-state index in [-0.39, 0.29) is 77.3 Å². The fraction of sp³-hybridized carbons (Fsp3) is 0.818. The molecule has 0 atom stereocenters. The molecule has 1 heteroatoms. The maximum Gasteiger partial charge on any atom is 0 e. The smallest absolute Gasteiger partial charge is 0 e. The van der Waals surface area contributed by atoms with E-state index in [1.54, 1.807) is 6.92 Å². The van der Waals surface area contributed by atoms with Crippen molar-refractivity contribution in [1.82, 2.24) is 0 Å². The number of hydrogen-bond donors (Lipinski definition) is 0.